The van der Waals surface area contributed by atoms with Gasteiger partial charge in [-0.1, -0.05) is 86.2 Å². The van der Waals surface area contributed by atoms with Crippen molar-refractivity contribution in [2.75, 3.05) is 13.6 Å². The molecule has 0 spiro atoms. The highest BCUT2D eigenvalue weighted by atomic mass is 35.6. The summed E-state index contributed by atoms with van der Waals surface area (Å²) in [5, 5.41) is 3.18. The highest BCUT2D eigenvalue weighted by Crippen LogP contribution is 2.32. The van der Waals surface area contributed by atoms with E-state index in [1.54, 1.807) is 0 Å². The van der Waals surface area contributed by atoms with Gasteiger partial charge in [0.25, 0.3) is 0 Å². The smallest absolute Gasteiger partial charge is 0.190 e. The first kappa shape index (κ1) is 18.8. The monoisotopic (exact) mass is 315 g/mol. The molecule has 0 atom stereocenters. The Morgan fingerprint density at radius 1 is 0.667 bits per heavy atom. The lowest BCUT2D eigenvalue weighted by Gasteiger charge is -2.09. The van der Waals surface area contributed by atoms with Crippen molar-refractivity contribution in [2.45, 2.75) is 74.4 Å². The Kier molecular flexibility index (Phi) is 13.4. The van der Waals surface area contributed by atoms with Crippen molar-refractivity contribution in [1.82, 2.24) is 5.32 Å². The summed E-state index contributed by atoms with van der Waals surface area (Å²) >= 11 is 17.1. The predicted octanol–water partition coefficient (Wildman–Crippen LogP) is 5.87. The summed E-state index contributed by atoms with van der Waals surface area (Å²) < 4.78 is -1.05. The van der Waals surface area contributed by atoms with Crippen molar-refractivity contribution in [1.29, 1.82) is 0 Å². The molecule has 0 saturated carbocycles. The van der Waals surface area contributed by atoms with Crippen LogP contribution in [-0.4, -0.2) is 17.4 Å². The van der Waals surface area contributed by atoms with E-state index in [-0.39, 0.29) is 0 Å². The fraction of sp³-hybridized carbons (Fsp3) is 1.00. The Morgan fingerprint density at radius 3 is 1.44 bits per heavy atom. The average molecular weight is 317 g/mol. The lowest BCUT2D eigenvalue weighted by Crippen LogP contribution is -2.06. The number of hydrogen-bond donors (Lipinski definition) is 1. The standard InChI is InChI=1S/C14H28Cl3N/c1-18-13-11-9-7-5-3-2-4-6-8-10-12-14(15,16)17/h18H,2-13H2,1H3. The first-order valence-electron chi connectivity index (χ1n) is 7.27. The summed E-state index contributed by atoms with van der Waals surface area (Å²) in [5.74, 6) is 0. The molecule has 0 aliphatic heterocycles. The van der Waals surface area contributed by atoms with Gasteiger partial charge in [-0.2, -0.15) is 0 Å². The Morgan fingerprint density at radius 2 is 1.06 bits per heavy atom. The summed E-state index contributed by atoms with van der Waals surface area (Å²) in [4.78, 5) is 0. The van der Waals surface area contributed by atoms with E-state index >= 15 is 0 Å². The van der Waals surface area contributed by atoms with E-state index in [9.17, 15) is 0 Å². The van der Waals surface area contributed by atoms with Gasteiger partial charge in [-0.05, 0) is 32.9 Å². The van der Waals surface area contributed by atoms with Crippen molar-refractivity contribution in [3.05, 3.63) is 0 Å². The number of nitrogens with one attached hydrogen (secondary N) is 1. The maximum atomic E-state index is 5.69. The van der Waals surface area contributed by atoms with E-state index in [0.717, 1.165) is 13.0 Å². The summed E-state index contributed by atoms with van der Waals surface area (Å²) in [6.45, 7) is 1.16. The van der Waals surface area contributed by atoms with E-state index in [4.69, 9.17) is 34.8 Å². The normalized spacial score (nSPS) is 12.0. The maximum absolute atomic E-state index is 5.69. The highest BCUT2D eigenvalue weighted by molar-refractivity contribution is 6.67. The number of rotatable bonds is 12. The van der Waals surface area contributed by atoms with Gasteiger partial charge in [-0.25, -0.2) is 0 Å². The van der Waals surface area contributed by atoms with Gasteiger partial charge in [-0.3, -0.25) is 0 Å². The van der Waals surface area contributed by atoms with Gasteiger partial charge in [0, 0.05) is 0 Å². The predicted molar refractivity (Wildman–Crippen MR) is 85.0 cm³/mol. The fourth-order valence-corrected chi connectivity index (χ4v) is 2.44. The van der Waals surface area contributed by atoms with Crippen LogP contribution in [0.5, 0.6) is 0 Å². The molecule has 0 fully saturated rings. The molecule has 4 heteroatoms. The molecule has 18 heavy (non-hydrogen) atoms. The van der Waals surface area contributed by atoms with E-state index in [1.165, 1.54) is 57.8 Å². The first-order chi connectivity index (χ1) is 8.56. The summed E-state index contributed by atoms with van der Waals surface area (Å²) in [5.41, 5.74) is 0. The van der Waals surface area contributed by atoms with Gasteiger partial charge in [0.1, 0.15) is 0 Å². The molecule has 0 aromatic rings. The van der Waals surface area contributed by atoms with Crippen LogP contribution in [0.3, 0.4) is 0 Å². The first-order valence-corrected chi connectivity index (χ1v) is 8.41. The number of halogens is 3. The second kappa shape index (κ2) is 12.8. The molecule has 1 N–H and O–H groups in total. The zero-order valence-corrected chi connectivity index (χ0v) is 13.9. The molecule has 0 saturated heterocycles. The second-order valence-electron chi connectivity index (χ2n) is 5.00. The molecule has 0 aromatic heterocycles. The van der Waals surface area contributed by atoms with Crippen LogP contribution in [0.15, 0.2) is 0 Å². The van der Waals surface area contributed by atoms with Crippen LogP contribution in [0.1, 0.15) is 70.6 Å². The third-order valence-corrected chi connectivity index (χ3v) is 3.70. The van der Waals surface area contributed by atoms with Crippen LogP contribution in [0.25, 0.3) is 0 Å². The van der Waals surface area contributed by atoms with Gasteiger partial charge in [-0.15, -0.1) is 0 Å². The number of hydrogen-bond acceptors (Lipinski definition) is 1. The Labute approximate surface area is 128 Å². The van der Waals surface area contributed by atoms with Crippen molar-refractivity contribution >= 4 is 34.8 Å². The molecule has 0 bridgehead atoms. The van der Waals surface area contributed by atoms with Gasteiger partial charge >= 0.3 is 0 Å². The Balaban J connectivity index is 2.99. The van der Waals surface area contributed by atoms with Crippen LogP contribution < -0.4 is 5.32 Å². The second-order valence-corrected chi connectivity index (χ2v) is 7.52. The van der Waals surface area contributed by atoms with Crippen molar-refractivity contribution in [2.24, 2.45) is 0 Å². The van der Waals surface area contributed by atoms with Gasteiger partial charge < -0.3 is 5.32 Å². The van der Waals surface area contributed by atoms with Crippen LogP contribution in [0.4, 0.5) is 0 Å². The van der Waals surface area contributed by atoms with E-state index < -0.39 is 3.79 Å². The molecular weight excluding hydrogens is 289 g/mol. The third kappa shape index (κ3) is 16.8. The molecule has 0 aromatic carbocycles. The van der Waals surface area contributed by atoms with Crippen LogP contribution in [-0.2, 0) is 0 Å². The minimum atomic E-state index is -1.05. The molecule has 1 nitrogen and oxygen atoms in total. The molecule has 0 aliphatic carbocycles. The third-order valence-electron chi connectivity index (χ3n) is 3.14. The molecule has 0 radical (unpaired) electrons. The molecule has 0 unspecified atom stereocenters. The van der Waals surface area contributed by atoms with E-state index in [1.807, 2.05) is 7.05 Å². The van der Waals surface area contributed by atoms with E-state index in [2.05, 4.69) is 5.32 Å². The van der Waals surface area contributed by atoms with Crippen molar-refractivity contribution in [3.8, 4) is 0 Å². The van der Waals surface area contributed by atoms with E-state index in [0.29, 0.717) is 6.42 Å². The quantitative estimate of drug-likeness (QED) is 0.351. The Bertz CT molecular complexity index is 169. The fourth-order valence-electron chi connectivity index (χ4n) is 2.04. The number of unbranched alkanes of at least 4 members (excludes halogenated alkanes) is 9. The van der Waals surface area contributed by atoms with Crippen molar-refractivity contribution < 1.29 is 0 Å². The molecular formula is C14H28Cl3N. The minimum Gasteiger partial charge on any atom is -0.320 e. The largest absolute Gasteiger partial charge is 0.320 e. The van der Waals surface area contributed by atoms with Gasteiger partial charge in [0.15, 0.2) is 3.79 Å². The molecule has 0 amide bonds. The van der Waals surface area contributed by atoms with Crippen LogP contribution >= 0.6 is 34.8 Å². The minimum absolute atomic E-state index is 0.684. The molecule has 0 aliphatic rings. The Hall–Kier alpha value is 0.830. The zero-order chi connectivity index (χ0) is 13.7. The molecule has 0 rings (SSSR count). The lowest BCUT2D eigenvalue weighted by molar-refractivity contribution is 0.543. The highest BCUT2D eigenvalue weighted by Gasteiger charge is 2.17. The average Bonchev–Trinajstić information content (AvgIpc) is 2.29. The SMILES string of the molecule is CNCCCCCCCCCCCCC(Cl)(Cl)Cl. The molecule has 110 valence electrons. The van der Waals surface area contributed by atoms with Crippen LogP contribution in [0, 0.1) is 0 Å². The van der Waals surface area contributed by atoms with Gasteiger partial charge in [0.2, 0.25) is 0 Å². The molecule has 0 heterocycles. The summed E-state index contributed by atoms with van der Waals surface area (Å²) in [7, 11) is 2.02. The van der Waals surface area contributed by atoms with Crippen LogP contribution in [0.2, 0.25) is 0 Å². The van der Waals surface area contributed by atoms with Gasteiger partial charge in [0.05, 0.1) is 0 Å². The zero-order valence-electron chi connectivity index (χ0n) is 11.6. The van der Waals surface area contributed by atoms with Crippen molar-refractivity contribution in [3.63, 3.8) is 0 Å². The number of alkyl halides is 3. The maximum Gasteiger partial charge on any atom is 0.190 e. The summed E-state index contributed by atoms with van der Waals surface area (Å²) in [6.07, 6.45) is 13.7. The topological polar surface area (TPSA) is 12.0 Å². The summed E-state index contributed by atoms with van der Waals surface area (Å²) in [6, 6.07) is 0. The lowest BCUT2D eigenvalue weighted by atomic mass is 10.1.